The van der Waals surface area contributed by atoms with Crippen molar-refractivity contribution in [1.29, 1.82) is 0 Å². The molecule has 0 saturated carbocycles. The number of benzene rings is 2. The van der Waals surface area contributed by atoms with Gasteiger partial charge in [0.2, 0.25) is 5.91 Å². The zero-order chi connectivity index (χ0) is 23.3. The molecule has 0 unspecified atom stereocenters. The van der Waals surface area contributed by atoms with Crippen molar-refractivity contribution < 1.29 is 27.5 Å². The predicted octanol–water partition coefficient (Wildman–Crippen LogP) is 5.33. The van der Waals surface area contributed by atoms with Crippen LogP contribution in [0.1, 0.15) is 24.5 Å². The number of carbonyl (C=O) groups excluding carboxylic acids is 2. The molecule has 1 N–H and O–H groups in total. The van der Waals surface area contributed by atoms with Crippen LogP contribution in [0.3, 0.4) is 0 Å². The van der Waals surface area contributed by atoms with Gasteiger partial charge in [0.1, 0.15) is 10.1 Å². The van der Waals surface area contributed by atoms with Crippen LogP contribution in [0, 0.1) is 0 Å². The summed E-state index contributed by atoms with van der Waals surface area (Å²) in [6.07, 6.45) is -2.91. The summed E-state index contributed by atoms with van der Waals surface area (Å²) < 4.78 is 44.1. The smallest absolute Gasteiger partial charge is 0.416 e. The van der Waals surface area contributed by atoms with Gasteiger partial charge in [0.15, 0.2) is 0 Å². The second-order valence-corrected chi connectivity index (χ2v) is 8.39. The highest BCUT2D eigenvalue weighted by Gasteiger charge is 2.32. The van der Waals surface area contributed by atoms with Gasteiger partial charge in [-0.25, -0.2) is 0 Å². The summed E-state index contributed by atoms with van der Waals surface area (Å²) in [6, 6.07) is 11.6. The number of thiocarbonyl (C=S) groups is 1. The molecule has 0 spiro atoms. The SMILES string of the molecule is CCOc1ccc(/C=C2/SC(=S)N(CCC(=O)Nc3cccc(C(F)(F)F)c3)C2=O)cc1. The molecule has 168 valence electrons. The van der Waals surface area contributed by atoms with E-state index in [2.05, 4.69) is 5.32 Å². The number of hydrogen-bond donors (Lipinski definition) is 1. The maximum absolute atomic E-state index is 12.8. The van der Waals surface area contributed by atoms with Gasteiger partial charge in [-0.1, -0.05) is 42.2 Å². The molecule has 0 bridgehead atoms. The minimum atomic E-state index is -4.50. The molecule has 0 aromatic heterocycles. The fraction of sp³-hybridized carbons (Fsp3) is 0.227. The lowest BCUT2D eigenvalue weighted by Gasteiger charge is -2.14. The molecule has 1 saturated heterocycles. The van der Waals surface area contributed by atoms with Gasteiger partial charge >= 0.3 is 6.18 Å². The van der Waals surface area contributed by atoms with Crippen molar-refractivity contribution in [2.45, 2.75) is 19.5 Å². The Morgan fingerprint density at radius 3 is 2.59 bits per heavy atom. The normalized spacial score (nSPS) is 15.4. The lowest BCUT2D eigenvalue weighted by atomic mass is 10.2. The first-order chi connectivity index (χ1) is 15.2. The van der Waals surface area contributed by atoms with E-state index in [9.17, 15) is 22.8 Å². The van der Waals surface area contributed by atoms with Gasteiger partial charge < -0.3 is 10.1 Å². The molecule has 10 heteroatoms. The average molecular weight is 481 g/mol. The predicted molar refractivity (Wildman–Crippen MR) is 122 cm³/mol. The molecule has 1 aliphatic heterocycles. The maximum Gasteiger partial charge on any atom is 0.416 e. The van der Waals surface area contributed by atoms with Crippen molar-refractivity contribution in [2.24, 2.45) is 0 Å². The molecule has 3 rings (SSSR count). The van der Waals surface area contributed by atoms with Gasteiger partial charge in [0, 0.05) is 18.7 Å². The lowest BCUT2D eigenvalue weighted by Crippen LogP contribution is -2.31. The largest absolute Gasteiger partial charge is 0.494 e. The molecule has 2 amide bonds. The number of nitrogens with zero attached hydrogens (tertiary/aromatic N) is 1. The molecule has 1 fully saturated rings. The highest BCUT2D eigenvalue weighted by atomic mass is 32.2. The average Bonchev–Trinajstić information content (AvgIpc) is 3.00. The molecule has 0 atom stereocenters. The van der Waals surface area contributed by atoms with E-state index in [0.717, 1.165) is 35.2 Å². The summed E-state index contributed by atoms with van der Waals surface area (Å²) in [5.74, 6) is -0.112. The summed E-state index contributed by atoms with van der Waals surface area (Å²) in [5, 5.41) is 2.42. The number of amides is 2. The molecule has 32 heavy (non-hydrogen) atoms. The van der Waals surface area contributed by atoms with Crippen LogP contribution in [0.4, 0.5) is 18.9 Å². The topological polar surface area (TPSA) is 58.6 Å². The van der Waals surface area contributed by atoms with Crippen LogP contribution >= 0.6 is 24.0 Å². The number of alkyl halides is 3. The first-order valence-electron chi connectivity index (χ1n) is 9.62. The standard InChI is InChI=1S/C22H19F3N2O3S2/c1-2-30-17-8-6-14(7-9-17)12-18-20(29)27(21(31)32-18)11-10-19(28)26-16-5-3-4-15(13-16)22(23,24)25/h3-9,12-13H,2,10-11H2,1H3,(H,26,28)/b18-12+. The van der Waals surface area contributed by atoms with E-state index < -0.39 is 17.6 Å². The van der Waals surface area contributed by atoms with E-state index in [1.807, 2.05) is 19.1 Å². The van der Waals surface area contributed by atoms with Gasteiger partial charge in [0.05, 0.1) is 17.1 Å². The third-order valence-corrected chi connectivity index (χ3v) is 5.78. The Morgan fingerprint density at radius 2 is 1.94 bits per heavy atom. The Labute approximate surface area is 192 Å². The van der Waals surface area contributed by atoms with E-state index in [-0.39, 0.29) is 24.6 Å². The number of thioether (sulfide) groups is 1. The third kappa shape index (κ3) is 6.10. The van der Waals surface area contributed by atoms with Crippen molar-refractivity contribution in [1.82, 2.24) is 4.90 Å². The van der Waals surface area contributed by atoms with Gasteiger partial charge in [0.25, 0.3) is 5.91 Å². The Bertz CT molecular complexity index is 1050. The number of carbonyl (C=O) groups is 2. The second kappa shape index (κ2) is 10.2. The van der Waals surface area contributed by atoms with Crippen molar-refractivity contribution in [3.8, 4) is 5.75 Å². The minimum Gasteiger partial charge on any atom is -0.494 e. The monoisotopic (exact) mass is 480 g/mol. The number of hydrogen-bond acceptors (Lipinski definition) is 5. The molecule has 2 aromatic rings. The zero-order valence-corrected chi connectivity index (χ0v) is 18.6. The number of anilines is 1. The summed E-state index contributed by atoms with van der Waals surface area (Å²) in [6.45, 7) is 2.47. The van der Waals surface area contributed by atoms with Gasteiger partial charge in [-0.2, -0.15) is 13.2 Å². The maximum atomic E-state index is 12.8. The highest BCUT2D eigenvalue weighted by molar-refractivity contribution is 8.26. The molecule has 0 aliphatic carbocycles. The van der Waals surface area contributed by atoms with Gasteiger partial charge in [-0.3, -0.25) is 14.5 Å². The molecule has 2 aromatic carbocycles. The van der Waals surface area contributed by atoms with E-state index in [1.165, 1.54) is 17.0 Å². The number of halogens is 3. The molecule has 5 nitrogen and oxygen atoms in total. The van der Waals surface area contributed by atoms with Crippen LogP contribution in [0.25, 0.3) is 6.08 Å². The Morgan fingerprint density at radius 1 is 1.22 bits per heavy atom. The summed E-state index contributed by atoms with van der Waals surface area (Å²) in [5.41, 5.74) is -0.0199. The van der Waals surface area contributed by atoms with Gasteiger partial charge in [-0.05, 0) is 48.9 Å². The first kappa shape index (κ1) is 23.8. The summed E-state index contributed by atoms with van der Waals surface area (Å²) in [4.78, 5) is 26.6. The van der Waals surface area contributed by atoms with Crippen molar-refractivity contribution in [2.75, 3.05) is 18.5 Å². The van der Waals surface area contributed by atoms with Crippen molar-refractivity contribution in [3.05, 3.63) is 64.6 Å². The summed E-state index contributed by atoms with van der Waals surface area (Å²) >= 11 is 6.39. The Balaban J connectivity index is 1.59. The molecular weight excluding hydrogens is 461 g/mol. The second-order valence-electron chi connectivity index (χ2n) is 6.71. The molecule has 1 heterocycles. The molecular formula is C22H19F3N2O3S2. The number of nitrogens with one attached hydrogen (secondary N) is 1. The van der Waals surface area contributed by atoms with E-state index >= 15 is 0 Å². The first-order valence-corrected chi connectivity index (χ1v) is 10.8. The molecule has 1 aliphatic rings. The Hall–Kier alpha value is -2.85. The van der Waals surface area contributed by atoms with E-state index in [1.54, 1.807) is 18.2 Å². The van der Waals surface area contributed by atoms with Crippen LogP contribution in [0.15, 0.2) is 53.4 Å². The van der Waals surface area contributed by atoms with Crippen molar-refractivity contribution >= 4 is 51.9 Å². The minimum absolute atomic E-state index is 0.0239. The fourth-order valence-corrected chi connectivity index (χ4v) is 4.19. The number of rotatable bonds is 7. The zero-order valence-electron chi connectivity index (χ0n) is 16.9. The van der Waals surface area contributed by atoms with Crippen LogP contribution in [0.2, 0.25) is 0 Å². The fourth-order valence-electron chi connectivity index (χ4n) is 2.88. The van der Waals surface area contributed by atoms with E-state index in [0.29, 0.717) is 15.8 Å². The van der Waals surface area contributed by atoms with Gasteiger partial charge in [-0.15, -0.1) is 0 Å². The summed E-state index contributed by atoms with van der Waals surface area (Å²) in [7, 11) is 0. The van der Waals surface area contributed by atoms with Crippen LogP contribution in [0.5, 0.6) is 5.75 Å². The number of ether oxygens (including phenoxy) is 1. The quantitative estimate of drug-likeness (QED) is 0.429. The lowest BCUT2D eigenvalue weighted by molar-refractivity contribution is -0.137. The highest BCUT2D eigenvalue weighted by Crippen LogP contribution is 2.33. The van der Waals surface area contributed by atoms with Crippen LogP contribution in [-0.4, -0.2) is 34.2 Å². The van der Waals surface area contributed by atoms with E-state index in [4.69, 9.17) is 17.0 Å². The Kier molecular flexibility index (Phi) is 7.57. The van der Waals surface area contributed by atoms with Crippen LogP contribution in [-0.2, 0) is 15.8 Å². The van der Waals surface area contributed by atoms with Crippen molar-refractivity contribution in [3.63, 3.8) is 0 Å². The third-order valence-electron chi connectivity index (χ3n) is 4.40. The molecule has 0 radical (unpaired) electrons. The van der Waals surface area contributed by atoms with Crippen LogP contribution < -0.4 is 10.1 Å².